The smallest absolute Gasteiger partial charge is 0.0698 e. The summed E-state index contributed by atoms with van der Waals surface area (Å²) >= 11 is 8.06. The van der Waals surface area contributed by atoms with Gasteiger partial charge in [0.05, 0.1) is 15.6 Å². The van der Waals surface area contributed by atoms with E-state index >= 15 is 0 Å². The molecule has 0 saturated heterocycles. The Bertz CT molecular complexity index is 801. The molecule has 4 rings (SSSR count). The van der Waals surface area contributed by atoms with Crippen molar-refractivity contribution in [3.63, 3.8) is 0 Å². The Morgan fingerprint density at radius 3 is 2.94 bits per heavy atom. The second-order valence-electron chi connectivity index (χ2n) is 4.40. The highest BCUT2D eigenvalue weighted by atomic mass is 35.5. The summed E-state index contributed by atoms with van der Waals surface area (Å²) in [5.41, 5.74) is 1.19. The molecule has 0 bridgehead atoms. The van der Waals surface area contributed by atoms with Crippen molar-refractivity contribution >= 4 is 54.5 Å². The number of fused-ring (bicyclic) bond motifs is 5. The van der Waals surface area contributed by atoms with Crippen LogP contribution in [-0.2, 0) is 0 Å². The van der Waals surface area contributed by atoms with Crippen molar-refractivity contribution < 1.29 is 0 Å². The number of hydrogen-bond acceptors (Lipinski definition) is 2. The van der Waals surface area contributed by atoms with Crippen LogP contribution in [-0.4, -0.2) is 6.54 Å². The maximum Gasteiger partial charge on any atom is 0.0698 e. The molecule has 0 fully saturated rings. The maximum atomic E-state index is 6.30. The first-order valence-corrected chi connectivity index (χ1v) is 7.08. The highest BCUT2D eigenvalue weighted by Crippen LogP contribution is 2.45. The second-order valence-corrected chi connectivity index (χ2v) is 5.86. The molecule has 1 aliphatic heterocycles. The molecule has 1 N–H and O–H groups in total. The zero-order valence-electron chi connectivity index (χ0n) is 9.53. The van der Waals surface area contributed by atoms with Gasteiger partial charge in [-0.3, -0.25) is 0 Å². The SMILES string of the molecule is ClC1=CCNc2c1sc1ccc3ccccc3c21. The van der Waals surface area contributed by atoms with Crippen molar-refractivity contribution in [2.45, 2.75) is 0 Å². The molecule has 0 saturated carbocycles. The lowest BCUT2D eigenvalue weighted by Crippen LogP contribution is -2.03. The molecule has 1 nitrogen and oxygen atoms in total. The average molecular weight is 272 g/mol. The molecule has 1 aromatic heterocycles. The molecule has 0 amide bonds. The van der Waals surface area contributed by atoms with E-state index in [0.29, 0.717) is 0 Å². The Morgan fingerprint density at radius 1 is 1.11 bits per heavy atom. The minimum atomic E-state index is 0.806. The van der Waals surface area contributed by atoms with E-state index in [0.717, 1.165) is 16.5 Å². The number of anilines is 1. The summed E-state index contributed by atoms with van der Waals surface area (Å²) in [6, 6.07) is 12.9. The first kappa shape index (κ1) is 10.4. The topological polar surface area (TPSA) is 12.0 Å². The maximum absolute atomic E-state index is 6.30. The monoisotopic (exact) mass is 271 g/mol. The molecule has 0 unspecified atom stereocenters. The highest BCUT2D eigenvalue weighted by molar-refractivity contribution is 7.21. The lowest BCUT2D eigenvalue weighted by atomic mass is 10.0. The Kier molecular flexibility index (Phi) is 2.16. The minimum Gasteiger partial charge on any atom is -0.380 e. The van der Waals surface area contributed by atoms with Crippen molar-refractivity contribution in [3.05, 3.63) is 47.4 Å². The number of hydrogen-bond donors (Lipinski definition) is 1. The third-order valence-corrected chi connectivity index (χ3v) is 5.00. The largest absolute Gasteiger partial charge is 0.380 e. The Balaban J connectivity index is 2.22. The van der Waals surface area contributed by atoms with Crippen LogP contribution in [0.4, 0.5) is 5.69 Å². The molecule has 0 atom stereocenters. The summed E-state index contributed by atoms with van der Waals surface area (Å²) < 4.78 is 1.29. The van der Waals surface area contributed by atoms with Gasteiger partial charge in [0.15, 0.2) is 0 Å². The molecule has 3 aromatic rings. The molecule has 18 heavy (non-hydrogen) atoms. The van der Waals surface area contributed by atoms with Gasteiger partial charge in [0.2, 0.25) is 0 Å². The zero-order chi connectivity index (χ0) is 12.1. The van der Waals surface area contributed by atoms with Gasteiger partial charge in [-0.1, -0.05) is 41.9 Å². The normalized spacial score (nSPS) is 14.4. The molecule has 2 aromatic carbocycles. The lowest BCUT2D eigenvalue weighted by Gasteiger charge is -2.12. The van der Waals surface area contributed by atoms with Gasteiger partial charge in [0.25, 0.3) is 0 Å². The molecule has 3 heteroatoms. The van der Waals surface area contributed by atoms with Gasteiger partial charge in [0.1, 0.15) is 0 Å². The van der Waals surface area contributed by atoms with E-state index in [1.165, 1.54) is 26.5 Å². The molecule has 2 heterocycles. The summed E-state index contributed by atoms with van der Waals surface area (Å²) in [7, 11) is 0. The van der Waals surface area contributed by atoms with Gasteiger partial charge < -0.3 is 5.32 Å². The van der Waals surface area contributed by atoms with Gasteiger partial charge >= 0.3 is 0 Å². The van der Waals surface area contributed by atoms with Crippen molar-refractivity contribution in [2.24, 2.45) is 0 Å². The van der Waals surface area contributed by atoms with Crippen molar-refractivity contribution in [3.8, 4) is 0 Å². The molecular weight excluding hydrogens is 262 g/mol. The number of nitrogens with one attached hydrogen (secondary N) is 1. The van der Waals surface area contributed by atoms with Gasteiger partial charge in [-0.25, -0.2) is 0 Å². The predicted molar refractivity (Wildman–Crippen MR) is 81.7 cm³/mol. The van der Waals surface area contributed by atoms with Crippen LogP contribution in [0.25, 0.3) is 25.9 Å². The quantitative estimate of drug-likeness (QED) is 0.603. The summed E-state index contributed by atoms with van der Waals surface area (Å²) in [5, 5.41) is 8.21. The van der Waals surface area contributed by atoms with Crippen LogP contribution in [0.1, 0.15) is 4.88 Å². The molecule has 0 radical (unpaired) electrons. The van der Waals surface area contributed by atoms with Gasteiger partial charge in [-0.05, 0) is 22.9 Å². The highest BCUT2D eigenvalue weighted by Gasteiger charge is 2.18. The molecule has 88 valence electrons. The summed E-state index contributed by atoms with van der Waals surface area (Å²) in [6.45, 7) is 0.806. The summed E-state index contributed by atoms with van der Waals surface area (Å²) in [6.07, 6.45) is 2.03. The standard InChI is InChI=1S/C15H10ClNS/c16-11-7-8-17-14-13-10-4-2-1-3-9(10)5-6-12(13)18-15(11)14/h1-7,17H,8H2. The number of halogens is 1. The van der Waals surface area contributed by atoms with E-state index in [4.69, 9.17) is 11.6 Å². The van der Waals surface area contributed by atoms with Gasteiger partial charge in [-0.15, -0.1) is 11.3 Å². The van der Waals surface area contributed by atoms with Crippen LogP contribution < -0.4 is 5.32 Å². The molecular formula is C15H10ClNS. The first-order chi connectivity index (χ1) is 8.84. The summed E-state index contributed by atoms with van der Waals surface area (Å²) in [4.78, 5) is 1.16. The van der Waals surface area contributed by atoms with E-state index in [1.54, 1.807) is 11.3 Å². The van der Waals surface area contributed by atoms with Crippen LogP contribution in [0.3, 0.4) is 0 Å². The fourth-order valence-corrected chi connectivity index (χ4v) is 3.96. The van der Waals surface area contributed by atoms with E-state index < -0.39 is 0 Å². The number of rotatable bonds is 0. The fraction of sp³-hybridized carbons (Fsp3) is 0.0667. The van der Waals surface area contributed by atoms with Gasteiger partial charge in [-0.2, -0.15) is 0 Å². The first-order valence-electron chi connectivity index (χ1n) is 5.89. The predicted octanol–water partition coefficient (Wildman–Crippen LogP) is 5.06. The van der Waals surface area contributed by atoms with Crippen LogP contribution in [0.2, 0.25) is 0 Å². The van der Waals surface area contributed by atoms with E-state index in [-0.39, 0.29) is 0 Å². The van der Waals surface area contributed by atoms with Crippen LogP contribution in [0.15, 0.2) is 42.5 Å². The molecule has 0 aliphatic carbocycles. The zero-order valence-corrected chi connectivity index (χ0v) is 11.1. The van der Waals surface area contributed by atoms with E-state index in [2.05, 4.69) is 41.7 Å². The second kappa shape index (κ2) is 3.74. The van der Waals surface area contributed by atoms with E-state index in [9.17, 15) is 0 Å². The minimum absolute atomic E-state index is 0.806. The summed E-state index contributed by atoms with van der Waals surface area (Å²) in [5.74, 6) is 0. The van der Waals surface area contributed by atoms with Crippen LogP contribution in [0.5, 0.6) is 0 Å². The Hall–Kier alpha value is -1.51. The Labute approximate surface area is 114 Å². The Morgan fingerprint density at radius 2 is 2.00 bits per heavy atom. The van der Waals surface area contributed by atoms with Gasteiger partial charge in [0, 0.05) is 16.6 Å². The third kappa shape index (κ3) is 1.33. The third-order valence-electron chi connectivity index (χ3n) is 3.36. The van der Waals surface area contributed by atoms with Crippen molar-refractivity contribution in [1.82, 2.24) is 0 Å². The van der Waals surface area contributed by atoms with Crippen molar-refractivity contribution in [2.75, 3.05) is 11.9 Å². The average Bonchev–Trinajstić information content (AvgIpc) is 2.79. The fourth-order valence-electron chi connectivity index (χ4n) is 2.54. The molecule has 1 aliphatic rings. The lowest BCUT2D eigenvalue weighted by molar-refractivity contribution is 1.34. The van der Waals surface area contributed by atoms with Crippen molar-refractivity contribution in [1.29, 1.82) is 0 Å². The number of thiophene rings is 1. The van der Waals surface area contributed by atoms with Crippen LogP contribution in [0, 0.1) is 0 Å². The molecule has 0 spiro atoms. The van der Waals surface area contributed by atoms with Crippen LogP contribution >= 0.6 is 22.9 Å². The van der Waals surface area contributed by atoms with E-state index in [1.807, 2.05) is 6.08 Å². The number of benzene rings is 2.